The Hall–Kier alpha value is -1.39. The molecule has 0 saturated heterocycles. The monoisotopic (exact) mass is 247 g/mol. The summed E-state index contributed by atoms with van der Waals surface area (Å²) in [7, 11) is 4.04. The summed E-state index contributed by atoms with van der Waals surface area (Å²) < 4.78 is 0. The van der Waals surface area contributed by atoms with Crippen molar-refractivity contribution in [2.75, 3.05) is 19.4 Å². The van der Waals surface area contributed by atoms with Crippen molar-refractivity contribution in [2.24, 2.45) is 0 Å². The number of anilines is 1. The summed E-state index contributed by atoms with van der Waals surface area (Å²) in [5.74, 6) is 0.963. The average Bonchev–Trinajstić information content (AvgIpc) is 2.82. The number of aromatic nitrogens is 1. The number of hydrogen-bond acceptors (Lipinski definition) is 4. The summed E-state index contributed by atoms with van der Waals surface area (Å²) >= 11 is 1.80. The fraction of sp³-hybridized carbons (Fsp3) is 0.308. The Bertz CT molecular complexity index is 453. The second-order valence-electron chi connectivity index (χ2n) is 4.01. The Morgan fingerprint density at radius 1 is 1.29 bits per heavy atom. The van der Waals surface area contributed by atoms with Crippen LogP contribution in [0.5, 0.6) is 0 Å². The van der Waals surface area contributed by atoms with Crippen LogP contribution in [0.2, 0.25) is 0 Å². The molecule has 2 aromatic rings. The Morgan fingerprint density at radius 3 is 2.88 bits per heavy atom. The van der Waals surface area contributed by atoms with Gasteiger partial charge in [-0.05, 0) is 24.6 Å². The van der Waals surface area contributed by atoms with Gasteiger partial charge in [-0.2, -0.15) is 0 Å². The van der Waals surface area contributed by atoms with Crippen molar-refractivity contribution in [3.05, 3.63) is 46.3 Å². The van der Waals surface area contributed by atoms with Gasteiger partial charge < -0.3 is 5.32 Å². The first-order chi connectivity index (χ1) is 8.29. The molecule has 0 aliphatic carbocycles. The first-order valence-electron chi connectivity index (χ1n) is 5.62. The normalized spacial score (nSPS) is 10.8. The topological polar surface area (TPSA) is 28.2 Å². The molecule has 2 heterocycles. The highest BCUT2D eigenvalue weighted by molar-refractivity contribution is 7.09. The molecule has 0 unspecified atom stereocenters. The van der Waals surface area contributed by atoms with E-state index in [0.29, 0.717) is 0 Å². The molecule has 90 valence electrons. The lowest BCUT2D eigenvalue weighted by molar-refractivity contribution is 0.322. The fourth-order valence-corrected chi connectivity index (χ4v) is 2.59. The molecule has 0 radical (unpaired) electrons. The molecular formula is C13H17N3S. The Kier molecular flexibility index (Phi) is 4.12. The van der Waals surface area contributed by atoms with Gasteiger partial charge in [0.1, 0.15) is 5.82 Å². The maximum absolute atomic E-state index is 4.31. The summed E-state index contributed by atoms with van der Waals surface area (Å²) in [6, 6.07) is 8.36. The molecule has 0 aliphatic heterocycles. The molecule has 0 atom stereocenters. The lowest BCUT2D eigenvalue weighted by Gasteiger charge is -2.17. The molecule has 17 heavy (non-hydrogen) atoms. The number of hydrogen-bond donors (Lipinski definition) is 1. The van der Waals surface area contributed by atoms with Crippen LogP contribution in [0.4, 0.5) is 5.82 Å². The first kappa shape index (κ1) is 12.1. The molecule has 0 saturated carbocycles. The van der Waals surface area contributed by atoms with Crippen LogP contribution in [0.1, 0.15) is 10.4 Å². The van der Waals surface area contributed by atoms with E-state index >= 15 is 0 Å². The number of nitrogens with zero attached hydrogens (tertiary/aromatic N) is 2. The summed E-state index contributed by atoms with van der Waals surface area (Å²) in [5.41, 5.74) is 1.23. The van der Waals surface area contributed by atoms with Gasteiger partial charge in [0.15, 0.2) is 0 Å². The van der Waals surface area contributed by atoms with E-state index in [2.05, 4.69) is 45.8 Å². The van der Waals surface area contributed by atoms with Crippen LogP contribution in [-0.4, -0.2) is 24.0 Å². The van der Waals surface area contributed by atoms with Crippen molar-refractivity contribution in [1.82, 2.24) is 9.88 Å². The smallest absolute Gasteiger partial charge is 0.130 e. The molecule has 0 spiro atoms. The molecule has 2 aromatic heterocycles. The number of rotatable bonds is 5. The highest BCUT2D eigenvalue weighted by Crippen LogP contribution is 2.16. The molecule has 0 fully saturated rings. The van der Waals surface area contributed by atoms with Crippen LogP contribution in [0.15, 0.2) is 35.8 Å². The predicted molar refractivity (Wildman–Crippen MR) is 73.3 cm³/mol. The lowest BCUT2D eigenvalue weighted by atomic mass is 10.2. The van der Waals surface area contributed by atoms with E-state index in [1.807, 2.05) is 19.3 Å². The van der Waals surface area contributed by atoms with Gasteiger partial charge in [0.2, 0.25) is 0 Å². The van der Waals surface area contributed by atoms with Gasteiger partial charge in [0, 0.05) is 36.8 Å². The summed E-state index contributed by atoms with van der Waals surface area (Å²) in [5, 5.41) is 5.24. The van der Waals surface area contributed by atoms with E-state index in [0.717, 1.165) is 18.9 Å². The number of nitrogens with one attached hydrogen (secondary N) is 1. The molecule has 1 N–H and O–H groups in total. The molecule has 4 heteroatoms. The van der Waals surface area contributed by atoms with E-state index in [1.165, 1.54) is 10.4 Å². The molecular weight excluding hydrogens is 230 g/mol. The average molecular weight is 247 g/mol. The third kappa shape index (κ3) is 3.28. The van der Waals surface area contributed by atoms with E-state index in [-0.39, 0.29) is 0 Å². The van der Waals surface area contributed by atoms with Crippen molar-refractivity contribution in [3.63, 3.8) is 0 Å². The summed E-state index contributed by atoms with van der Waals surface area (Å²) in [4.78, 5) is 8.00. The maximum atomic E-state index is 4.31. The minimum absolute atomic E-state index is 0.905. The third-order valence-electron chi connectivity index (χ3n) is 2.57. The molecule has 0 aromatic carbocycles. The third-order valence-corrected chi connectivity index (χ3v) is 3.44. The maximum Gasteiger partial charge on any atom is 0.130 e. The second kappa shape index (κ2) is 5.80. The SMILES string of the molecule is CNc1ncccc1CN(C)Cc1cccs1. The Labute approximate surface area is 106 Å². The van der Waals surface area contributed by atoms with Crippen LogP contribution in [-0.2, 0) is 13.1 Å². The van der Waals surface area contributed by atoms with Crippen LogP contribution in [0.3, 0.4) is 0 Å². The van der Waals surface area contributed by atoms with Gasteiger partial charge in [0.25, 0.3) is 0 Å². The quantitative estimate of drug-likeness (QED) is 0.880. The fourth-order valence-electron chi connectivity index (χ4n) is 1.81. The first-order valence-corrected chi connectivity index (χ1v) is 6.50. The lowest BCUT2D eigenvalue weighted by Crippen LogP contribution is -2.17. The van der Waals surface area contributed by atoms with Gasteiger partial charge in [-0.1, -0.05) is 12.1 Å². The number of pyridine rings is 1. The van der Waals surface area contributed by atoms with Gasteiger partial charge in [-0.15, -0.1) is 11.3 Å². The molecule has 3 nitrogen and oxygen atoms in total. The number of thiophene rings is 1. The van der Waals surface area contributed by atoms with Gasteiger partial charge in [0.05, 0.1) is 0 Å². The highest BCUT2D eigenvalue weighted by Gasteiger charge is 2.06. The summed E-state index contributed by atoms with van der Waals surface area (Å²) in [6.45, 7) is 1.89. The van der Waals surface area contributed by atoms with Crippen molar-refractivity contribution in [3.8, 4) is 0 Å². The molecule has 0 bridgehead atoms. The molecule has 0 aliphatic rings. The van der Waals surface area contributed by atoms with Gasteiger partial charge >= 0.3 is 0 Å². The Morgan fingerprint density at radius 2 is 2.18 bits per heavy atom. The second-order valence-corrected chi connectivity index (χ2v) is 5.05. The summed E-state index contributed by atoms with van der Waals surface area (Å²) in [6.07, 6.45) is 1.81. The van der Waals surface area contributed by atoms with Crippen LogP contribution < -0.4 is 5.32 Å². The predicted octanol–water partition coefficient (Wildman–Crippen LogP) is 2.82. The minimum Gasteiger partial charge on any atom is -0.373 e. The zero-order chi connectivity index (χ0) is 12.1. The van der Waals surface area contributed by atoms with E-state index in [1.54, 1.807) is 11.3 Å². The zero-order valence-corrected chi connectivity index (χ0v) is 11.0. The van der Waals surface area contributed by atoms with Crippen molar-refractivity contribution in [2.45, 2.75) is 13.1 Å². The Balaban J connectivity index is 2.00. The zero-order valence-electron chi connectivity index (χ0n) is 10.2. The van der Waals surface area contributed by atoms with E-state index < -0.39 is 0 Å². The van der Waals surface area contributed by atoms with Crippen molar-refractivity contribution < 1.29 is 0 Å². The van der Waals surface area contributed by atoms with Crippen molar-refractivity contribution in [1.29, 1.82) is 0 Å². The molecule has 0 amide bonds. The minimum atomic E-state index is 0.905. The van der Waals surface area contributed by atoms with Crippen LogP contribution in [0.25, 0.3) is 0 Å². The van der Waals surface area contributed by atoms with Gasteiger partial charge in [-0.3, -0.25) is 4.90 Å². The van der Waals surface area contributed by atoms with Crippen LogP contribution in [0, 0.1) is 0 Å². The van der Waals surface area contributed by atoms with E-state index in [4.69, 9.17) is 0 Å². The van der Waals surface area contributed by atoms with E-state index in [9.17, 15) is 0 Å². The highest BCUT2D eigenvalue weighted by atomic mass is 32.1. The van der Waals surface area contributed by atoms with Gasteiger partial charge in [-0.25, -0.2) is 4.98 Å². The molecule has 2 rings (SSSR count). The van der Waals surface area contributed by atoms with Crippen molar-refractivity contribution >= 4 is 17.2 Å². The largest absolute Gasteiger partial charge is 0.373 e. The van der Waals surface area contributed by atoms with Crippen LogP contribution >= 0.6 is 11.3 Å². The standard InChI is InChI=1S/C13H17N3S/c1-14-13-11(5-3-7-15-13)9-16(2)10-12-6-4-8-17-12/h3-8H,9-10H2,1-2H3,(H,14,15).